The number of carbonyl (C=O) groups excluding carboxylic acids is 2. The average Bonchev–Trinajstić information content (AvgIpc) is 2.60. The number of ether oxygens (including phenoxy) is 1. The van der Waals surface area contributed by atoms with Crippen LogP contribution in [0.5, 0.6) is 0 Å². The third-order valence-electron chi connectivity index (χ3n) is 3.97. The van der Waals surface area contributed by atoms with E-state index in [1.54, 1.807) is 0 Å². The lowest BCUT2D eigenvalue weighted by Gasteiger charge is -2.13. The highest BCUT2D eigenvalue weighted by atomic mass is 32.2. The lowest BCUT2D eigenvalue weighted by molar-refractivity contribution is -0.146. The highest BCUT2D eigenvalue weighted by Gasteiger charge is 2.20. The fourth-order valence-electron chi connectivity index (χ4n) is 2.55. The molecule has 0 aliphatic rings. The molecule has 1 aromatic carbocycles. The number of benzene rings is 1. The molecule has 7 heteroatoms. The molecule has 0 fully saturated rings. The minimum absolute atomic E-state index is 0.130. The van der Waals surface area contributed by atoms with Gasteiger partial charge < -0.3 is 4.74 Å². The van der Waals surface area contributed by atoms with Crippen molar-refractivity contribution < 1.29 is 18.7 Å². The minimum Gasteiger partial charge on any atom is -0.454 e. The molecule has 0 radical (unpaired) electrons. The summed E-state index contributed by atoms with van der Waals surface area (Å²) in [4.78, 5) is 33.1. The summed E-state index contributed by atoms with van der Waals surface area (Å²) in [6, 6.07) is 5.15. The molecule has 5 nitrogen and oxygen atoms in total. The van der Waals surface area contributed by atoms with Crippen molar-refractivity contribution in [1.29, 1.82) is 0 Å². The summed E-state index contributed by atoms with van der Waals surface area (Å²) < 4.78 is 18.1. The number of thioether (sulfide) groups is 1. The van der Waals surface area contributed by atoms with E-state index in [1.807, 2.05) is 20.1 Å². The van der Waals surface area contributed by atoms with Gasteiger partial charge in [0.25, 0.3) is 0 Å². The zero-order chi connectivity index (χ0) is 19.3. The molecule has 0 aliphatic carbocycles. The van der Waals surface area contributed by atoms with Crippen LogP contribution in [0.2, 0.25) is 0 Å². The van der Waals surface area contributed by atoms with E-state index in [0.29, 0.717) is 17.1 Å². The summed E-state index contributed by atoms with van der Waals surface area (Å²) in [6.07, 6.45) is 1.56. The van der Waals surface area contributed by atoms with E-state index >= 15 is 0 Å². The quantitative estimate of drug-likeness (QED) is 0.318. The fourth-order valence-corrected chi connectivity index (χ4v) is 3.00. The lowest BCUT2D eigenvalue weighted by Crippen LogP contribution is -2.24. The van der Waals surface area contributed by atoms with E-state index in [-0.39, 0.29) is 12.2 Å². The number of hydrogen-bond donors (Lipinski definition) is 0. The number of halogens is 1. The second-order valence-corrected chi connectivity index (χ2v) is 6.64. The van der Waals surface area contributed by atoms with Gasteiger partial charge in [-0.2, -0.15) is 0 Å². The summed E-state index contributed by atoms with van der Waals surface area (Å²) in [5.41, 5.74) is 2.90. The first-order valence-electron chi connectivity index (χ1n) is 8.19. The molecule has 26 heavy (non-hydrogen) atoms. The lowest BCUT2D eigenvalue weighted by atomic mass is 10.1. The number of aryl methyl sites for hydroxylation is 2. The molecule has 1 atom stereocenters. The van der Waals surface area contributed by atoms with Gasteiger partial charge >= 0.3 is 5.97 Å². The maximum absolute atomic E-state index is 12.9. The number of nitrogens with zero attached hydrogens (tertiary/aromatic N) is 2. The standard InChI is InChI=1S/C19H21FN2O3S/c1-11-16(12(2)22-19(21-11)26-4)9-10-17(23)25-13(3)18(24)14-5-7-15(20)8-6-14/h5-8,13H,9-10H2,1-4H3/t13-/m0/s1. The van der Waals surface area contributed by atoms with Crippen LogP contribution in [-0.4, -0.2) is 34.1 Å². The van der Waals surface area contributed by atoms with Crippen molar-refractivity contribution >= 4 is 23.5 Å². The molecule has 138 valence electrons. The first-order chi connectivity index (χ1) is 12.3. The van der Waals surface area contributed by atoms with Gasteiger partial charge in [0.1, 0.15) is 5.82 Å². The van der Waals surface area contributed by atoms with Crippen LogP contribution in [0.1, 0.15) is 40.7 Å². The summed E-state index contributed by atoms with van der Waals surface area (Å²) >= 11 is 1.47. The molecule has 0 aliphatic heterocycles. The van der Waals surface area contributed by atoms with Crippen molar-refractivity contribution in [2.45, 2.75) is 44.9 Å². The molecule has 2 aromatic rings. The Labute approximate surface area is 156 Å². The van der Waals surface area contributed by atoms with Crippen LogP contribution >= 0.6 is 11.8 Å². The van der Waals surface area contributed by atoms with Crippen LogP contribution in [0.15, 0.2) is 29.4 Å². The van der Waals surface area contributed by atoms with Gasteiger partial charge in [-0.1, -0.05) is 11.8 Å². The van der Waals surface area contributed by atoms with Gasteiger partial charge in [0.15, 0.2) is 11.3 Å². The van der Waals surface area contributed by atoms with Gasteiger partial charge in [0.05, 0.1) is 0 Å². The Morgan fingerprint density at radius 2 is 1.73 bits per heavy atom. The number of aromatic nitrogens is 2. The number of carbonyl (C=O) groups is 2. The Balaban J connectivity index is 1.94. The number of Topliss-reactive ketones (excluding diaryl/α,β-unsaturated/α-hetero) is 1. The van der Waals surface area contributed by atoms with Gasteiger partial charge in [-0.3, -0.25) is 9.59 Å². The largest absolute Gasteiger partial charge is 0.454 e. The molecule has 0 saturated heterocycles. The van der Waals surface area contributed by atoms with Crippen molar-refractivity contribution in [3.05, 3.63) is 52.6 Å². The van der Waals surface area contributed by atoms with Crippen LogP contribution in [0.25, 0.3) is 0 Å². The third-order valence-corrected chi connectivity index (χ3v) is 4.52. The van der Waals surface area contributed by atoms with Crippen molar-refractivity contribution in [2.75, 3.05) is 6.26 Å². The highest BCUT2D eigenvalue weighted by Crippen LogP contribution is 2.17. The van der Waals surface area contributed by atoms with Crippen LogP contribution in [-0.2, 0) is 16.0 Å². The van der Waals surface area contributed by atoms with Gasteiger partial charge in [0, 0.05) is 23.4 Å². The topological polar surface area (TPSA) is 69.2 Å². The molecular weight excluding hydrogens is 355 g/mol. The summed E-state index contributed by atoms with van der Waals surface area (Å²) in [5, 5.41) is 0.699. The normalized spacial score (nSPS) is 11.9. The summed E-state index contributed by atoms with van der Waals surface area (Å²) in [7, 11) is 0. The SMILES string of the molecule is CSc1nc(C)c(CCC(=O)O[C@@H](C)C(=O)c2ccc(F)cc2)c(C)n1. The number of ketones is 1. The second kappa shape index (κ2) is 8.89. The molecule has 2 rings (SSSR count). The van der Waals surface area contributed by atoms with Crippen LogP contribution in [0.3, 0.4) is 0 Å². The van der Waals surface area contributed by atoms with Crippen LogP contribution in [0.4, 0.5) is 4.39 Å². The van der Waals surface area contributed by atoms with Crippen molar-refractivity contribution in [3.8, 4) is 0 Å². The van der Waals surface area contributed by atoms with Crippen LogP contribution in [0, 0.1) is 19.7 Å². The Kier molecular flexibility index (Phi) is 6.85. The van der Waals surface area contributed by atoms with E-state index < -0.39 is 17.9 Å². The number of rotatable bonds is 7. The van der Waals surface area contributed by atoms with Crippen molar-refractivity contribution in [2.24, 2.45) is 0 Å². The fraction of sp³-hybridized carbons (Fsp3) is 0.368. The third kappa shape index (κ3) is 5.11. The molecule has 0 amide bonds. The van der Waals surface area contributed by atoms with Crippen LogP contribution < -0.4 is 0 Å². The van der Waals surface area contributed by atoms with Gasteiger partial charge in [0.2, 0.25) is 5.78 Å². The zero-order valence-corrected chi connectivity index (χ0v) is 16.0. The van der Waals surface area contributed by atoms with Crippen molar-refractivity contribution in [3.63, 3.8) is 0 Å². The maximum Gasteiger partial charge on any atom is 0.306 e. The van der Waals surface area contributed by atoms with E-state index in [1.165, 1.54) is 43.0 Å². The molecule has 0 unspecified atom stereocenters. The van der Waals surface area contributed by atoms with E-state index in [9.17, 15) is 14.0 Å². The Hall–Kier alpha value is -2.28. The van der Waals surface area contributed by atoms with Gasteiger partial charge in [-0.05, 0) is 63.3 Å². The molecule has 0 spiro atoms. The molecule has 0 saturated carbocycles. The number of hydrogen-bond acceptors (Lipinski definition) is 6. The summed E-state index contributed by atoms with van der Waals surface area (Å²) in [5.74, 6) is -1.26. The van der Waals surface area contributed by atoms with E-state index in [2.05, 4.69) is 9.97 Å². The predicted octanol–water partition coefficient (Wildman–Crippen LogP) is 3.70. The van der Waals surface area contributed by atoms with E-state index in [0.717, 1.165) is 17.0 Å². The Morgan fingerprint density at radius 1 is 1.15 bits per heavy atom. The monoisotopic (exact) mass is 376 g/mol. The molecule has 0 bridgehead atoms. The average molecular weight is 376 g/mol. The minimum atomic E-state index is -0.926. The second-order valence-electron chi connectivity index (χ2n) is 5.86. The predicted molar refractivity (Wildman–Crippen MR) is 97.9 cm³/mol. The molecule has 1 aromatic heterocycles. The molecule has 1 heterocycles. The molecular formula is C19H21FN2O3S. The first kappa shape index (κ1) is 20.0. The maximum atomic E-state index is 12.9. The molecule has 0 N–H and O–H groups in total. The Bertz CT molecular complexity index is 786. The number of esters is 1. The zero-order valence-electron chi connectivity index (χ0n) is 15.2. The smallest absolute Gasteiger partial charge is 0.306 e. The highest BCUT2D eigenvalue weighted by molar-refractivity contribution is 7.98. The van der Waals surface area contributed by atoms with Gasteiger partial charge in [-0.25, -0.2) is 14.4 Å². The van der Waals surface area contributed by atoms with Crippen molar-refractivity contribution in [1.82, 2.24) is 9.97 Å². The Morgan fingerprint density at radius 3 is 2.27 bits per heavy atom. The summed E-state index contributed by atoms with van der Waals surface area (Å²) in [6.45, 7) is 5.28. The van der Waals surface area contributed by atoms with E-state index in [4.69, 9.17) is 4.74 Å². The van der Waals surface area contributed by atoms with Gasteiger partial charge in [-0.15, -0.1) is 0 Å². The first-order valence-corrected chi connectivity index (χ1v) is 9.41.